The van der Waals surface area contributed by atoms with Gasteiger partial charge in [0, 0.05) is 25.7 Å². The van der Waals surface area contributed by atoms with Crippen LogP contribution in [-0.4, -0.2) is 60.5 Å². The molecule has 0 unspecified atom stereocenters. The molecular weight excluding hydrogens is 240 g/mol. The maximum Gasteiger partial charge on any atom is 0.151 e. The summed E-state index contributed by atoms with van der Waals surface area (Å²) in [5.41, 5.74) is 0.968. The summed E-state index contributed by atoms with van der Waals surface area (Å²) in [7, 11) is 2.21. The van der Waals surface area contributed by atoms with Crippen molar-refractivity contribution in [1.29, 1.82) is 0 Å². The van der Waals surface area contributed by atoms with Gasteiger partial charge in [-0.3, -0.25) is 4.90 Å². The second-order valence-corrected chi connectivity index (χ2v) is 5.55. The van der Waals surface area contributed by atoms with Gasteiger partial charge in [0.2, 0.25) is 0 Å². The summed E-state index contributed by atoms with van der Waals surface area (Å²) in [6.45, 7) is 5.92. The van der Waals surface area contributed by atoms with Crippen LogP contribution >= 0.6 is 0 Å². The van der Waals surface area contributed by atoms with Gasteiger partial charge in [-0.25, -0.2) is 0 Å². The topological polar surface area (TPSA) is 41.5 Å². The Hall–Kier alpha value is -1.20. The van der Waals surface area contributed by atoms with Crippen LogP contribution < -0.4 is 4.90 Å². The number of ether oxygens (including phenoxy) is 1. The Balaban J connectivity index is 1.71. The molecule has 5 heteroatoms. The molecule has 5 nitrogen and oxygen atoms in total. The second-order valence-electron chi connectivity index (χ2n) is 5.55. The first-order chi connectivity index (χ1) is 9.24. The average molecular weight is 262 g/mol. The van der Waals surface area contributed by atoms with E-state index in [-0.39, 0.29) is 0 Å². The number of morpholine rings is 1. The van der Waals surface area contributed by atoms with Crippen LogP contribution in [0, 0.1) is 6.92 Å². The lowest BCUT2D eigenvalue weighted by molar-refractivity contribution is -0.0616. The van der Waals surface area contributed by atoms with Crippen molar-refractivity contribution in [3.05, 3.63) is 17.8 Å². The summed E-state index contributed by atoms with van der Waals surface area (Å²) < 4.78 is 5.93. The molecule has 0 aliphatic carbocycles. The Morgan fingerprint density at radius 2 is 2.00 bits per heavy atom. The minimum absolute atomic E-state index is 0.377. The number of nitrogens with zero attached hydrogens (tertiary/aromatic N) is 4. The SMILES string of the molecule is Cc1ccc(N2CC[C@H]3OCCN(C)[C@H]3CC2)nn1. The largest absolute Gasteiger partial charge is 0.375 e. The van der Waals surface area contributed by atoms with Crippen molar-refractivity contribution in [3.8, 4) is 0 Å². The maximum absolute atomic E-state index is 5.93. The zero-order chi connectivity index (χ0) is 13.2. The molecule has 2 atom stereocenters. The summed E-state index contributed by atoms with van der Waals surface area (Å²) in [4.78, 5) is 4.78. The first kappa shape index (κ1) is 12.8. The molecular formula is C14H22N4O. The second kappa shape index (κ2) is 5.43. The summed E-state index contributed by atoms with van der Waals surface area (Å²) in [6, 6.07) is 4.65. The molecule has 1 aromatic heterocycles. The zero-order valence-electron chi connectivity index (χ0n) is 11.7. The molecule has 19 heavy (non-hydrogen) atoms. The van der Waals surface area contributed by atoms with Gasteiger partial charge >= 0.3 is 0 Å². The van der Waals surface area contributed by atoms with E-state index in [1.165, 1.54) is 0 Å². The summed E-state index contributed by atoms with van der Waals surface area (Å²) in [5.74, 6) is 0.993. The van der Waals surface area contributed by atoms with Gasteiger partial charge in [-0.05, 0) is 38.9 Å². The third-order valence-electron chi connectivity index (χ3n) is 4.26. The third-order valence-corrected chi connectivity index (χ3v) is 4.26. The molecule has 2 aliphatic rings. The van der Waals surface area contributed by atoms with Gasteiger partial charge in [0.05, 0.1) is 18.4 Å². The molecule has 0 bridgehead atoms. The first-order valence-corrected chi connectivity index (χ1v) is 7.11. The van der Waals surface area contributed by atoms with Crippen molar-refractivity contribution in [2.45, 2.75) is 31.9 Å². The Labute approximate surface area is 114 Å². The van der Waals surface area contributed by atoms with Crippen LogP contribution in [0.3, 0.4) is 0 Å². The van der Waals surface area contributed by atoms with Crippen LogP contribution in [0.25, 0.3) is 0 Å². The minimum atomic E-state index is 0.377. The quantitative estimate of drug-likeness (QED) is 0.757. The number of rotatable bonds is 1. The van der Waals surface area contributed by atoms with Crippen molar-refractivity contribution in [3.63, 3.8) is 0 Å². The predicted molar refractivity (Wildman–Crippen MR) is 74.4 cm³/mol. The number of hydrogen-bond donors (Lipinski definition) is 0. The molecule has 104 valence electrons. The number of likely N-dealkylation sites (N-methyl/N-ethyl adjacent to an activating group) is 1. The Morgan fingerprint density at radius 1 is 1.16 bits per heavy atom. The fourth-order valence-electron chi connectivity index (χ4n) is 3.06. The van der Waals surface area contributed by atoms with Crippen molar-refractivity contribution in [2.75, 3.05) is 38.2 Å². The number of hydrogen-bond acceptors (Lipinski definition) is 5. The van der Waals surface area contributed by atoms with E-state index in [9.17, 15) is 0 Å². The van der Waals surface area contributed by atoms with Gasteiger partial charge in [0.15, 0.2) is 5.82 Å². The number of aryl methyl sites for hydroxylation is 1. The van der Waals surface area contributed by atoms with E-state index in [0.29, 0.717) is 12.1 Å². The summed E-state index contributed by atoms with van der Waals surface area (Å²) >= 11 is 0. The highest BCUT2D eigenvalue weighted by atomic mass is 16.5. The lowest BCUT2D eigenvalue weighted by Gasteiger charge is -2.37. The Bertz CT molecular complexity index is 422. The van der Waals surface area contributed by atoms with Gasteiger partial charge in [-0.15, -0.1) is 5.10 Å². The van der Waals surface area contributed by atoms with Crippen LogP contribution in [0.1, 0.15) is 18.5 Å². The highest BCUT2D eigenvalue weighted by Gasteiger charge is 2.33. The van der Waals surface area contributed by atoms with E-state index in [1.54, 1.807) is 0 Å². The summed E-state index contributed by atoms with van der Waals surface area (Å²) in [6.07, 6.45) is 2.59. The van der Waals surface area contributed by atoms with Crippen LogP contribution in [0.5, 0.6) is 0 Å². The van der Waals surface area contributed by atoms with E-state index in [1.807, 2.05) is 13.0 Å². The van der Waals surface area contributed by atoms with Crippen LogP contribution in [0.15, 0.2) is 12.1 Å². The van der Waals surface area contributed by atoms with E-state index in [2.05, 4.69) is 33.1 Å². The van der Waals surface area contributed by atoms with Gasteiger partial charge in [-0.2, -0.15) is 5.10 Å². The van der Waals surface area contributed by atoms with E-state index < -0.39 is 0 Å². The molecule has 0 amide bonds. The minimum Gasteiger partial charge on any atom is -0.375 e. The molecule has 2 fully saturated rings. The first-order valence-electron chi connectivity index (χ1n) is 7.11. The number of anilines is 1. The molecule has 3 rings (SSSR count). The number of fused-ring (bicyclic) bond motifs is 1. The lowest BCUT2D eigenvalue weighted by atomic mass is 10.0. The molecule has 0 saturated carbocycles. The molecule has 0 spiro atoms. The molecule has 2 saturated heterocycles. The third kappa shape index (κ3) is 2.72. The summed E-state index contributed by atoms with van der Waals surface area (Å²) in [5, 5.41) is 8.46. The average Bonchev–Trinajstić information content (AvgIpc) is 2.63. The van der Waals surface area contributed by atoms with Gasteiger partial charge in [0.1, 0.15) is 0 Å². The van der Waals surface area contributed by atoms with E-state index >= 15 is 0 Å². The smallest absolute Gasteiger partial charge is 0.151 e. The fourth-order valence-corrected chi connectivity index (χ4v) is 3.06. The van der Waals surface area contributed by atoms with Crippen molar-refractivity contribution >= 4 is 5.82 Å². The standard InChI is InChI=1S/C14H22N4O/c1-11-3-4-14(16-15-11)18-7-5-12-13(6-8-18)19-10-9-17(12)2/h3-4,12-13H,5-10H2,1-2H3/t12-,13+/m0/s1. The zero-order valence-corrected chi connectivity index (χ0v) is 11.7. The maximum atomic E-state index is 5.93. The lowest BCUT2D eigenvalue weighted by Crippen LogP contribution is -2.49. The molecule has 0 N–H and O–H groups in total. The predicted octanol–water partition coefficient (Wildman–Crippen LogP) is 1.08. The van der Waals surface area contributed by atoms with E-state index in [0.717, 1.165) is 50.6 Å². The molecule has 0 radical (unpaired) electrons. The van der Waals surface area contributed by atoms with Crippen LogP contribution in [0.4, 0.5) is 5.82 Å². The van der Waals surface area contributed by atoms with Crippen molar-refractivity contribution < 1.29 is 4.74 Å². The Morgan fingerprint density at radius 3 is 2.79 bits per heavy atom. The fraction of sp³-hybridized carbons (Fsp3) is 0.714. The highest BCUT2D eigenvalue weighted by molar-refractivity contribution is 5.37. The number of aromatic nitrogens is 2. The van der Waals surface area contributed by atoms with Crippen LogP contribution in [-0.2, 0) is 4.74 Å². The molecule has 0 aromatic carbocycles. The molecule has 1 aromatic rings. The van der Waals surface area contributed by atoms with Gasteiger partial charge in [-0.1, -0.05) is 0 Å². The molecule has 3 heterocycles. The molecule has 2 aliphatic heterocycles. The highest BCUT2D eigenvalue weighted by Crippen LogP contribution is 2.24. The monoisotopic (exact) mass is 262 g/mol. The van der Waals surface area contributed by atoms with Gasteiger partial charge in [0.25, 0.3) is 0 Å². The Kier molecular flexibility index (Phi) is 3.66. The normalized spacial score (nSPS) is 28.8. The van der Waals surface area contributed by atoms with Crippen LogP contribution in [0.2, 0.25) is 0 Å². The van der Waals surface area contributed by atoms with E-state index in [4.69, 9.17) is 4.74 Å². The van der Waals surface area contributed by atoms with Gasteiger partial charge < -0.3 is 9.64 Å². The van der Waals surface area contributed by atoms with Crippen molar-refractivity contribution in [1.82, 2.24) is 15.1 Å². The van der Waals surface area contributed by atoms with Crippen molar-refractivity contribution in [2.24, 2.45) is 0 Å².